The molecular formula is C48H50N12O2+4. The average molecular weight is 827 g/mol. The van der Waals surface area contributed by atoms with Gasteiger partial charge >= 0.3 is 0 Å². The van der Waals surface area contributed by atoms with E-state index in [0.29, 0.717) is 63.5 Å². The number of carbonyl (C=O) groups excluding carboxylic acids is 1. The molecule has 0 atom stereocenters. The van der Waals surface area contributed by atoms with Gasteiger partial charge in [0.1, 0.15) is 44.9 Å². The van der Waals surface area contributed by atoms with Crippen molar-refractivity contribution in [3.05, 3.63) is 205 Å². The number of carbonyl (C=O) groups is 1. The van der Waals surface area contributed by atoms with E-state index < -0.39 is 0 Å². The van der Waals surface area contributed by atoms with Crippen molar-refractivity contribution in [1.82, 2.24) is 29.2 Å². The third-order valence-electron chi connectivity index (χ3n) is 11.0. The SMILES string of the molecule is CN1C=CC(=C2C=CN(CCN=C([O-])c3cc4nc(c3)Cn3cc[n+](c3)Cc3cc(C(=O)NCC[n+]5ccc(-c6cc[n+](C)cc6)cc5)cc([nH+]3)C[n+]3ccn(c3)C4)C=C2)C=C1. The Bertz CT molecular complexity index is 2680. The Labute approximate surface area is 360 Å². The van der Waals surface area contributed by atoms with Crippen LogP contribution in [0.2, 0.25) is 0 Å². The maximum atomic E-state index is 13.6. The first-order chi connectivity index (χ1) is 30.2. The summed E-state index contributed by atoms with van der Waals surface area (Å²) >= 11 is 0. The number of aromatic nitrogens is 8. The molecule has 0 saturated carbocycles. The second kappa shape index (κ2) is 17.9. The number of pyridine rings is 4. The number of allylic oxidation sites excluding steroid dienone is 6. The van der Waals surface area contributed by atoms with Gasteiger partial charge in [-0.1, -0.05) is 0 Å². The number of hydrogen-bond acceptors (Lipinski definition) is 6. The zero-order valence-corrected chi connectivity index (χ0v) is 35.0. The monoisotopic (exact) mass is 826 g/mol. The number of hydrogen-bond donors (Lipinski definition) is 1. The first-order valence-electron chi connectivity index (χ1n) is 20.8. The molecule has 9 rings (SSSR count). The first kappa shape index (κ1) is 39.7. The second-order valence-corrected chi connectivity index (χ2v) is 15.9. The van der Waals surface area contributed by atoms with Crippen LogP contribution in [0.15, 0.2) is 176 Å². The Hall–Kier alpha value is -7.74. The summed E-state index contributed by atoms with van der Waals surface area (Å²) in [6.07, 6.45) is 36.6. The van der Waals surface area contributed by atoms with Crippen LogP contribution in [0.25, 0.3) is 11.1 Å². The largest absolute Gasteiger partial charge is 0.858 e. The van der Waals surface area contributed by atoms with Gasteiger partial charge in [0.25, 0.3) is 5.91 Å². The van der Waals surface area contributed by atoms with Gasteiger partial charge in [-0.2, -0.15) is 0 Å². The van der Waals surface area contributed by atoms with E-state index in [1.807, 2.05) is 149 Å². The van der Waals surface area contributed by atoms with Crippen LogP contribution in [0.4, 0.5) is 0 Å². The maximum absolute atomic E-state index is 13.6. The van der Waals surface area contributed by atoms with E-state index in [1.54, 1.807) is 0 Å². The number of rotatable bonds is 9. The van der Waals surface area contributed by atoms with Gasteiger partial charge in [-0.05, 0) is 70.2 Å². The van der Waals surface area contributed by atoms with Gasteiger partial charge in [-0.3, -0.25) is 9.79 Å². The van der Waals surface area contributed by atoms with Crippen LogP contribution in [-0.2, 0) is 39.8 Å². The molecule has 62 heavy (non-hydrogen) atoms. The van der Waals surface area contributed by atoms with Gasteiger partial charge < -0.3 is 20.2 Å². The fraction of sp³-hybridized carbons (Fsp3) is 0.208. The molecule has 9 heterocycles. The van der Waals surface area contributed by atoms with Crippen molar-refractivity contribution < 1.29 is 33.2 Å². The molecule has 3 aliphatic rings. The van der Waals surface area contributed by atoms with E-state index in [-0.39, 0.29) is 11.8 Å². The molecule has 0 spiro atoms. The summed E-state index contributed by atoms with van der Waals surface area (Å²) in [7, 11) is 4.01. The highest BCUT2D eigenvalue weighted by Crippen LogP contribution is 2.19. The molecule has 1 amide bonds. The molecule has 8 bridgehead atoms. The summed E-state index contributed by atoms with van der Waals surface area (Å²) in [4.78, 5) is 30.7. The van der Waals surface area contributed by atoms with Crippen LogP contribution >= 0.6 is 0 Å². The molecule has 0 aromatic carbocycles. The number of aliphatic imine (C=N–C) groups is 1. The number of aryl methyl sites for hydroxylation is 1. The lowest BCUT2D eigenvalue weighted by atomic mass is 10.1. The molecule has 0 saturated heterocycles. The summed E-state index contributed by atoms with van der Waals surface area (Å²) in [6.45, 7) is 4.06. The lowest BCUT2D eigenvalue weighted by Gasteiger charge is -2.20. The van der Waals surface area contributed by atoms with E-state index in [0.717, 1.165) is 45.0 Å². The van der Waals surface area contributed by atoms with Crippen molar-refractivity contribution in [1.29, 1.82) is 0 Å². The minimum atomic E-state index is -0.261. The Morgan fingerprint density at radius 2 is 1.34 bits per heavy atom. The summed E-state index contributed by atoms with van der Waals surface area (Å²) < 4.78 is 12.3. The Kier molecular flexibility index (Phi) is 11.4. The third-order valence-corrected chi connectivity index (χ3v) is 11.0. The van der Waals surface area contributed by atoms with Crippen LogP contribution in [0.3, 0.4) is 0 Å². The van der Waals surface area contributed by atoms with Crippen LogP contribution in [0.1, 0.15) is 38.7 Å². The predicted molar refractivity (Wildman–Crippen MR) is 228 cm³/mol. The van der Waals surface area contributed by atoms with E-state index >= 15 is 0 Å². The summed E-state index contributed by atoms with van der Waals surface area (Å²) in [5, 5.41) is 16.7. The molecule has 0 fully saturated rings. The Morgan fingerprint density at radius 3 is 1.94 bits per heavy atom. The van der Waals surface area contributed by atoms with Crippen molar-refractivity contribution in [2.45, 2.75) is 32.7 Å². The van der Waals surface area contributed by atoms with Crippen molar-refractivity contribution in [2.75, 3.05) is 26.7 Å². The standard InChI is InChI=1S/C48H48N12O2/c1-53-13-3-37(4-14-53)39-7-17-55(18-8-39)21-11-49-47(61)41-27-43-31-57-23-25-59(35-57)33-45-29-42(30-46(52-45)34-60-26-24-58(36-60)32-44(28-41)51-43)48(62)50-12-22-56-19-9-40(10-20-56)38-5-15-54(2)16-6-38/h3-10,13-20,23-30,35-36H,11-12,21-22,31-34H2,1-2H3/q+2/p+2. The minimum Gasteiger partial charge on any atom is -0.858 e. The molecule has 310 valence electrons. The van der Waals surface area contributed by atoms with Gasteiger partial charge in [-0.25, -0.2) is 37.4 Å². The van der Waals surface area contributed by atoms with Gasteiger partial charge in [0, 0.05) is 74.8 Å². The highest BCUT2D eigenvalue weighted by atomic mass is 16.3. The van der Waals surface area contributed by atoms with Crippen LogP contribution in [0.5, 0.6) is 0 Å². The minimum absolute atomic E-state index is 0.122. The quantitative estimate of drug-likeness (QED) is 0.135. The van der Waals surface area contributed by atoms with E-state index in [2.05, 4.69) is 77.6 Å². The molecule has 0 radical (unpaired) electrons. The van der Waals surface area contributed by atoms with E-state index in [9.17, 15) is 9.90 Å². The van der Waals surface area contributed by atoms with Crippen molar-refractivity contribution >= 4 is 11.8 Å². The smallest absolute Gasteiger partial charge is 0.251 e. The van der Waals surface area contributed by atoms with Crippen molar-refractivity contribution in [3.8, 4) is 11.1 Å². The van der Waals surface area contributed by atoms with Crippen LogP contribution in [0, 0.1) is 0 Å². The zero-order chi connectivity index (χ0) is 42.4. The van der Waals surface area contributed by atoms with Crippen molar-refractivity contribution in [3.63, 3.8) is 0 Å². The first-order valence-corrected chi connectivity index (χ1v) is 20.8. The lowest BCUT2D eigenvalue weighted by molar-refractivity contribution is -0.708. The van der Waals surface area contributed by atoms with Gasteiger partial charge in [-0.15, -0.1) is 0 Å². The number of fused-ring (bicyclic) bond motifs is 8. The number of nitrogens with zero attached hydrogens (tertiary/aromatic N) is 10. The van der Waals surface area contributed by atoms with Gasteiger partial charge in [0.2, 0.25) is 24.0 Å². The molecular weight excluding hydrogens is 777 g/mol. The van der Waals surface area contributed by atoms with Crippen LogP contribution < -0.4 is 33.7 Å². The number of nitrogens with one attached hydrogen (secondary N) is 2. The molecule has 3 aliphatic heterocycles. The second-order valence-electron chi connectivity index (χ2n) is 15.9. The van der Waals surface area contributed by atoms with E-state index in [4.69, 9.17) is 4.98 Å². The normalized spacial score (nSPS) is 14.8. The van der Waals surface area contributed by atoms with Gasteiger partial charge in [0.05, 0.1) is 30.0 Å². The maximum Gasteiger partial charge on any atom is 0.251 e. The fourth-order valence-corrected chi connectivity index (χ4v) is 7.69. The summed E-state index contributed by atoms with van der Waals surface area (Å²) in [5.74, 6) is -0.383. The number of aromatic amines is 1. The molecule has 14 heteroatoms. The number of imidazole rings is 2. The third kappa shape index (κ3) is 9.82. The molecule has 0 aliphatic carbocycles. The van der Waals surface area contributed by atoms with Gasteiger partial charge in [0.15, 0.2) is 44.4 Å². The predicted octanol–water partition coefficient (Wildman–Crippen LogP) is 1.51. The molecule has 14 nitrogen and oxygen atoms in total. The highest BCUT2D eigenvalue weighted by molar-refractivity contribution is 5.94. The zero-order valence-electron chi connectivity index (χ0n) is 35.0. The average Bonchev–Trinajstić information content (AvgIpc) is 3.92. The Balaban J connectivity index is 0.874. The Morgan fingerprint density at radius 1 is 0.774 bits per heavy atom. The topological polar surface area (TPSA) is 123 Å². The molecule has 0 unspecified atom stereocenters. The summed E-state index contributed by atoms with van der Waals surface area (Å²) in [5.41, 5.74) is 9.04. The number of amides is 1. The van der Waals surface area contributed by atoms with Crippen molar-refractivity contribution in [2.24, 2.45) is 12.0 Å². The number of H-pyrrole nitrogens is 1. The lowest BCUT2D eigenvalue weighted by Crippen LogP contribution is -2.41. The molecule has 2 N–H and O–H groups in total. The van der Waals surface area contributed by atoms with E-state index in [1.165, 1.54) is 0 Å². The molecule has 6 aromatic heterocycles. The van der Waals surface area contributed by atoms with Crippen LogP contribution in [-0.4, -0.2) is 62.4 Å². The summed E-state index contributed by atoms with van der Waals surface area (Å²) in [6, 6.07) is 15.9. The fourth-order valence-electron chi connectivity index (χ4n) is 7.69. The molecule has 6 aromatic rings. The highest BCUT2D eigenvalue weighted by Gasteiger charge is 2.21.